The smallest absolute Gasteiger partial charge is 0.339 e. The van der Waals surface area contributed by atoms with Gasteiger partial charge in [0.05, 0.1) is 12.7 Å². The van der Waals surface area contributed by atoms with Gasteiger partial charge in [-0.25, -0.2) is 4.79 Å². The molecule has 0 unspecified atom stereocenters. The molecular weight excluding hydrogens is 192 g/mol. The average Bonchev–Trinajstić information content (AvgIpc) is 2.16. The van der Waals surface area contributed by atoms with E-state index in [9.17, 15) is 13.6 Å². The van der Waals surface area contributed by atoms with Crippen LogP contribution in [0.1, 0.15) is 15.9 Å². The van der Waals surface area contributed by atoms with Crippen molar-refractivity contribution in [1.29, 1.82) is 0 Å². The highest BCUT2D eigenvalue weighted by Gasteiger charge is 2.05. The molecule has 0 spiro atoms. The van der Waals surface area contributed by atoms with E-state index in [1.165, 1.54) is 25.6 Å². The molecule has 0 aliphatic carbocycles. The van der Waals surface area contributed by atoms with Crippen molar-refractivity contribution in [3.8, 4) is 0 Å². The van der Waals surface area contributed by atoms with Crippen molar-refractivity contribution >= 4 is 12.0 Å². The predicted octanol–water partition coefficient (Wildman–Crippen LogP) is 2.11. The molecule has 0 saturated heterocycles. The minimum atomic E-state index is -1.84. The van der Waals surface area contributed by atoms with Crippen LogP contribution in [0, 0.1) is 0 Å². The molecular formula is C9H7F2NO2. The number of hydrogen-bond donors (Lipinski definition) is 0. The fourth-order valence-electron chi connectivity index (χ4n) is 0.892. The number of ether oxygens (including phenoxy) is 1. The maximum Gasteiger partial charge on any atom is 0.339 e. The van der Waals surface area contributed by atoms with Crippen molar-refractivity contribution in [1.82, 2.24) is 4.98 Å². The Kier molecular flexibility index (Phi) is 3.28. The van der Waals surface area contributed by atoms with E-state index in [1.807, 2.05) is 0 Å². The molecule has 74 valence electrons. The molecule has 0 fully saturated rings. The monoisotopic (exact) mass is 199 g/mol. The van der Waals surface area contributed by atoms with Crippen molar-refractivity contribution < 1.29 is 18.3 Å². The number of esters is 1. The first-order chi connectivity index (χ1) is 6.63. The van der Waals surface area contributed by atoms with Gasteiger partial charge < -0.3 is 4.74 Å². The zero-order chi connectivity index (χ0) is 10.6. The summed E-state index contributed by atoms with van der Waals surface area (Å²) in [5, 5.41) is 0. The van der Waals surface area contributed by atoms with Gasteiger partial charge in [0.15, 0.2) is 0 Å². The Balaban J connectivity index is 3.01. The van der Waals surface area contributed by atoms with Crippen molar-refractivity contribution in [2.75, 3.05) is 7.11 Å². The summed E-state index contributed by atoms with van der Waals surface area (Å²) in [4.78, 5) is 14.6. The maximum absolute atomic E-state index is 11.9. The van der Waals surface area contributed by atoms with Gasteiger partial charge in [-0.1, -0.05) is 0 Å². The zero-order valence-electron chi connectivity index (χ0n) is 7.33. The quantitative estimate of drug-likeness (QED) is 0.684. The van der Waals surface area contributed by atoms with Crippen LogP contribution in [-0.2, 0) is 4.74 Å². The van der Waals surface area contributed by atoms with Gasteiger partial charge in [0.1, 0.15) is 0 Å². The summed E-state index contributed by atoms with van der Waals surface area (Å²) in [5.74, 6) is -0.605. The molecule has 0 saturated carbocycles. The SMILES string of the molecule is COC(=O)c1cncc(C=C(F)F)c1. The fraction of sp³-hybridized carbons (Fsp3) is 0.111. The van der Waals surface area contributed by atoms with Gasteiger partial charge in [0, 0.05) is 18.5 Å². The highest BCUT2D eigenvalue weighted by atomic mass is 19.3. The predicted molar refractivity (Wildman–Crippen MR) is 45.8 cm³/mol. The van der Waals surface area contributed by atoms with Crippen LogP contribution in [-0.4, -0.2) is 18.1 Å². The third kappa shape index (κ3) is 2.62. The second kappa shape index (κ2) is 4.45. The Morgan fingerprint density at radius 3 is 2.79 bits per heavy atom. The lowest BCUT2D eigenvalue weighted by Gasteiger charge is -1.98. The van der Waals surface area contributed by atoms with Crippen LogP contribution in [0.4, 0.5) is 8.78 Å². The molecule has 3 nitrogen and oxygen atoms in total. The molecule has 0 aliphatic rings. The normalized spacial score (nSPS) is 9.36. The molecule has 14 heavy (non-hydrogen) atoms. The Labute approximate surface area is 79.0 Å². The summed E-state index contributed by atoms with van der Waals surface area (Å²) in [5.41, 5.74) is 0.301. The summed E-state index contributed by atoms with van der Waals surface area (Å²) >= 11 is 0. The van der Waals surface area contributed by atoms with Crippen LogP contribution in [0.2, 0.25) is 0 Å². The lowest BCUT2D eigenvalue weighted by atomic mass is 10.2. The van der Waals surface area contributed by atoms with Gasteiger partial charge >= 0.3 is 5.97 Å². The molecule has 0 aromatic carbocycles. The van der Waals surface area contributed by atoms with Crippen LogP contribution in [0.5, 0.6) is 0 Å². The minimum absolute atomic E-state index is 0.141. The summed E-state index contributed by atoms with van der Waals surface area (Å²) in [6.45, 7) is 0. The second-order valence-electron chi connectivity index (χ2n) is 2.43. The van der Waals surface area contributed by atoms with E-state index in [1.54, 1.807) is 0 Å². The van der Waals surface area contributed by atoms with Crippen LogP contribution >= 0.6 is 0 Å². The van der Waals surface area contributed by atoms with Gasteiger partial charge in [-0.3, -0.25) is 4.98 Å². The molecule has 1 aromatic rings. The number of halogens is 2. The van der Waals surface area contributed by atoms with Crippen molar-refractivity contribution in [2.45, 2.75) is 0 Å². The van der Waals surface area contributed by atoms with Crippen molar-refractivity contribution in [2.24, 2.45) is 0 Å². The van der Waals surface area contributed by atoms with E-state index < -0.39 is 12.0 Å². The number of hydrogen-bond acceptors (Lipinski definition) is 3. The van der Waals surface area contributed by atoms with Crippen molar-refractivity contribution in [3.05, 3.63) is 35.7 Å². The summed E-state index contributed by atoms with van der Waals surface area (Å²) in [6, 6.07) is 1.28. The molecule has 5 heteroatoms. The second-order valence-corrected chi connectivity index (χ2v) is 2.43. The first-order valence-electron chi connectivity index (χ1n) is 3.69. The number of nitrogens with zero attached hydrogens (tertiary/aromatic N) is 1. The number of pyridine rings is 1. The van der Waals surface area contributed by atoms with E-state index in [2.05, 4.69) is 9.72 Å². The lowest BCUT2D eigenvalue weighted by molar-refractivity contribution is 0.0600. The standard InChI is InChI=1S/C9H7F2NO2/c1-14-9(13)7-2-6(3-8(10)11)4-12-5-7/h2-5H,1H3. The lowest BCUT2D eigenvalue weighted by Crippen LogP contribution is -2.01. The van der Waals surface area contributed by atoms with E-state index in [-0.39, 0.29) is 11.1 Å². The molecule has 1 rings (SSSR count). The van der Waals surface area contributed by atoms with Crippen LogP contribution in [0.15, 0.2) is 24.5 Å². The molecule has 1 aromatic heterocycles. The molecule has 0 radical (unpaired) electrons. The van der Waals surface area contributed by atoms with Crippen LogP contribution < -0.4 is 0 Å². The first-order valence-corrected chi connectivity index (χ1v) is 3.69. The van der Waals surface area contributed by atoms with Crippen molar-refractivity contribution in [3.63, 3.8) is 0 Å². The van der Waals surface area contributed by atoms with Gasteiger partial charge in [-0.05, 0) is 11.6 Å². The molecule has 1 heterocycles. The Bertz CT molecular complexity index is 373. The Morgan fingerprint density at radius 2 is 2.21 bits per heavy atom. The first kappa shape index (κ1) is 10.3. The molecule has 0 amide bonds. The molecule has 0 bridgehead atoms. The maximum atomic E-state index is 11.9. The van der Waals surface area contributed by atoms with Crippen LogP contribution in [0.25, 0.3) is 6.08 Å². The molecule has 0 atom stereocenters. The fourth-order valence-corrected chi connectivity index (χ4v) is 0.892. The van der Waals surface area contributed by atoms with Gasteiger partial charge in [-0.2, -0.15) is 8.78 Å². The number of carbonyl (C=O) groups is 1. The third-order valence-electron chi connectivity index (χ3n) is 1.46. The minimum Gasteiger partial charge on any atom is -0.465 e. The Morgan fingerprint density at radius 1 is 1.50 bits per heavy atom. The van der Waals surface area contributed by atoms with Gasteiger partial charge in [0.2, 0.25) is 0 Å². The topological polar surface area (TPSA) is 39.2 Å². The average molecular weight is 199 g/mol. The number of aromatic nitrogens is 1. The summed E-state index contributed by atoms with van der Waals surface area (Å²) in [7, 11) is 1.21. The highest BCUT2D eigenvalue weighted by Crippen LogP contribution is 2.10. The largest absolute Gasteiger partial charge is 0.465 e. The van der Waals surface area contributed by atoms with E-state index >= 15 is 0 Å². The van der Waals surface area contributed by atoms with Gasteiger partial charge in [-0.15, -0.1) is 0 Å². The van der Waals surface area contributed by atoms with Crippen LogP contribution in [0.3, 0.4) is 0 Å². The molecule has 0 aliphatic heterocycles. The van der Waals surface area contributed by atoms with E-state index in [0.717, 1.165) is 0 Å². The van der Waals surface area contributed by atoms with Gasteiger partial charge in [0.25, 0.3) is 6.08 Å². The highest BCUT2D eigenvalue weighted by molar-refractivity contribution is 5.89. The zero-order valence-corrected chi connectivity index (χ0v) is 7.33. The number of methoxy groups -OCH3 is 1. The summed E-state index contributed by atoms with van der Waals surface area (Å²) < 4.78 is 28.1. The summed E-state index contributed by atoms with van der Waals surface area (Å²) in [6.07, 6.45) is 1.26. The Hall–Kier alpha value is -1.78. The van der Waals surface area contributed by atoms with E-state index in [0.29, 0.717) is 6.08 Å². The number of carbonyl (C=O) groups excluding carboxylic acids is 1. The third-order valence-corrected chi connectivity index (χ3v) is 1.46. The molecule has 0 N–H and O–H groups in total. The number of rotatable bonds is 2. The van der Waals surface area contributed by atoms with E-state index in [4.69, 9.17) is 0 Å².